The van der Waals surface area contributed by atoms with E-state index in [-0.39, 0.29) is 0 Å². The molecule has 0 saturated carbocycles. The van der Waals surface area contributed by atoms with Gasteiger partial charge in [-0.2, -0.15) is 0 Å². The summed E-state index contributed by atoms with van der Waals surface area (Å²) in [5, 5.41) is 1.24. The maximum absolute atomic E-state index is 5.42. The van der Waals surface area contributed by atoms with Crippen LogP contribution in [0.3, 0.4) is 0 Å². The Morgan fingerprint density at radius 2 is 1.38 bits per heavy atom. The quantitative estimate of drug-likeness (QED) is 0.485. The number of benzene rings is 3. The van der Waals surface area contributed by atoms with Crippen LogP contribution in [0, 0.1) is 0 Å². The highest BCUT2D eigenvalue weighted by Gasteiger charge is 2.18. The van der Waals surface area contributed by atoms with Gasteiger partial charge in [-0.15, -0.1) is 0 Å². The molecule has 1 heterocycles. The van der Waals surface area contributed by atoms with Gasteiger partial charge in [0.25, 0.3) is 0 Å². The molecule has 4 aromatic rings. The third-order valence-corrected chi connectivity index (χ3v) is 4.52. The number of hydrogen-bond acceptors (Lipinski definition) is 1. The van der Waals surface area contributed by atoms with Crippen LogP contribution in [0.25, 0.3) is 33.3 Å². The summed E-state index contributed by atoms with van der Waals surface area (Å²) >= 11 is 0. The maximum atomic E-state index is 5.42. The van der Waals surface area contributed by atoms with Crippen LogP contribution in [0.15, 0.2) is 78.9 Å². The average Bonchev–Trinajstić information content (AvgIpc) is 2.95. The van der Waals surface area contributed by atoms with Crippen molar-refractivity contribution in [3.63, 3.8) is 0 Å². The summed E-state index contributed by atoms with van der Waals surface area (Å²) in [6, 6.07) is 27.4. The fraction of sp³-hybridized carbons (Fsp3) is 0.0909. The molecular formula is C22H19NO. The minimum Gasteiger partial charge on any atom is -0.497 e. The Hall–Kier alpha value is -3.00. The SMILES string of the molecule is COc1ccc2c(-c3ccccc3)c(-c3ccccc3)n(C)c2c1. The molecule has 0 bridgehead atoms. The van der Waals surface area contributed by atoms with E-state index < -0.39 is 0 Å². The third kappa shape index (κ3) is 2.28. The first-order valence-corrected chi connectivity index (χ1v) is 8.07. The molecule has 0 fully saturated rings. The standard InChI is InChI=1S/C22H19NO/c1-23-20-15-18(24-2)13-14-19(20)21(16-9-5-3-6-10-16)22(23)17-11-7-4-8-12-17/h3-15H,1-2H3. The summed E-state index contributed by atoms with van der Waals surface area (Å²) in [6.45, 7) is 0. The van der Waals surface area contributed by atoms with Crippen LogP contribution in [-0.4, -0.2) is 11.7 Å². The Bertz CT molecular complexity index is 985. The van der Waals surface area contributed by atoms with E-state index in [0.29, 0.717) is 0 Å². The van der Waals surface area contributed by atoms with E-state index >= 15 is 0 Å². The van der Waals surface area contributed by atoms with Crippen LogP contribution in [0.4, 0.5) is 0 Å². The fourth-order valence-electron chi connectivity index (χ4n) is 3.37. The molecule has 0 aliphatic heterocycles. The zero-order chi connectivity index (χ0) is 16.5. The molecule has 118 valence electrons. The molecule has 0 saturated heterocycles. The van der Waals surface area contributed by atoms with Crippen molar-refractivity contribution in [2.45, 2.75) is 0 Å². The first-order valence-electron chi connectivity index (χ1n) is 8.07. The van der Waals surface area contributed by atoms with Crippen molar-refractivity contribution in [1.29, 1.82) is 0 Å². The molecule has 0 N–H and O–H groups in total. The zero-order valence-electron chi connectivity index (χ0n) is 13.9. The van der Waals surface area contributed by atoms with Crippen LogP contribution in [-0.2, 0) is 7.05 Å². The number of methoxy groups -OCH3 is 1. The lowest BCUT2D eigenvalue weighted by atomic mass is 9.98. The largest absolute Gasteiger partial charge is 0.497 e. The first kappa shape index (κ1) is 14.6. The van der Waals surface area contributed by atoms with E-state index in [0.717, 1.165) is 5.75 Å². The van der Waals surface area contributed by atoms with Gasteiger partial charge < -0.3 is 9.30 Å². The van der Waals surface area contributed by atoms with Crippen LogP contribution in [0.2, 0.25) is 0 Å². The highest BCUT2D eigenvalue weighted by atomic mass is 16.5. The third-order valence-electron chi connectivity index (χ3n) is 4.52. The van der Waals surface area contributed by atoms with E-state index in [2.05, 4.69) is 84.4 Å². The lowest BCUT2D eigenvalue weighted by Crippen LogP contribution is -1.92. The summed E-state index contributed by atoms with van der Waals surface area (Å²) in [5.41, 5.74) is 6.11. The summed E-state index contributed by atoms with van der Waals surface area (Å²) in [4.78, 5) is 0. The number of aromatic nitrogens is 1. The number of hydrogen-bond donors (Lipinski definition) is 0. The van der Waals surface area contributed by atoms with E-state index in [1.165, 1.54) is 33.3 Å². The van der Waals surface area contributed by atoms with Gasteiger partial charge in [-0.1, -0.05) is 60.7 Å². The fourth-order valence-corrected chi connectivity index (χ4v) is 3.37. The Balaban J connectivity index is 2.11. The Morgan fingerprint density at radius 1 is 0.750 bits per heavy atom. The van der Waals surface area contributed by atoms with Gasteiger partial charge in [0, 0.05) is 24.1 Å². The number of fused-ring (bicyclic) bond motifs is 1. The molecule has 0 unspecified atom stereocenters. The molecule has 0 aliphatic rings. The van der Waals surface area contributed by atoms with E-state index in [1.54, 1.807) is 7.11 Å². The second kappa shape index (κ2) is 5.89. The lowest BCUT2D eigenvalue weighted by Gasteiger charge is -2.08. The van der Waals surface area contributed by atoms with E-state index in [9.17, 15) is 0 Å². The minimum absolute atomic E-state index is 0.877. The van der Waals surface area contributed by atoms with Crippen molar-refractivity contribution in [3.8, 4) is 28.1 Å². The monoisotopic (exact) mass is 313 g/mol. The molecule has 4 rings (SSSR count). The van der Waals surface area contributed by atoms with Crippen LogP contribution in [0.5, 0.6) is 5.75 Å². The van der Waals surface area contributed by atoms with Crippen molar-refractivity contribution in [1.82, 2.24) is 4.57 Å². The maximum Gasteiger partial charge on any atom is 0.120 e. The second-order valence-corrected chi connectivity index (χ2v) is 5.90. The van der Waals surface area contributed by atoms with Crippen molar-refractivity contribution in [2.24, 2.45) is 7.05 Å². The Kier molecular flexibility index (Phi) is 3.58. The van der Waals surface area contributed by atoms with Crippen molar-refractivity contribution >= 4 is 10.9 Å². The normalized spacial score (nSPS) is 10.9. The Morgan fingerprint density at radius 3 is 2.00 bits per heavy atom. The van der Waals surface area contributed by atoms with Gasteiger partial charge in [0.05, 0.1) is 18.3 Å². The summed E-state index contributed by atoms with van der Waals surface area (Å²) in [7, 11) is 3.83. The molecule has 0 spiro atoms. The summed E-state index contributed by atoms with van der Waals surface area (Å²) < 4.78 is 7.68. The van der Waals surface area contributed by atoms with Gasteiger partial charge in [-0.3, -0.25) is 0 Å². The number of ether oxygens (including phenoxy) is 1. The molecule has 0 aliphatic carbocycles. The van der Waals surface area contributed by atoms with Crippen molar-refractivity contribution < 1.29 is 4.74 Å². The van der Waals surface area contributed by atoms with Gasteiger partial charge in [0.15, 0.2) is 0 Å². The molecule has 1 aromatic heterocycles. The molecule has 2 nitrogen and oxygen atoms in total. The van der Waals surface area contributed by atoms with Gasteiger partial charge in [0.2, 0.25) is 0 Å². The predicted octanol–water partition coefficient (Wildman–Crippen LogP) is 5.52. The van der Waals surface area contributed by atoms with E-state index in [4.69, 9.17) is 4.74 Å². The number of rotatable bonds is 3. The first-order chi connectivity index (χ1) is 11.8. The highest BCUT2D eigenvalue weighted by molar-refractivity contribution is 6.04. The summed E-state index contributed by atoms with van der Waals surface area (Å²) in [6.07, 6.45) is 0. The molecule has 3 aromatic carbocycles. The van der Waals surface area contributed by atoms with Crippen molar-refractivity contribution in [2.75, 3.05) is 7.11 Å². The average molecular weight is 313 g/mol. The molecule has 24 heavy (non-hydrogen) atoms. The number of aryl methyl sites for hydroxylation is 1. The Labute approximate surface area is 141 Å². The molecular weight excluding hydrogens is 294 g/mol. The molecule has 0 radical (unpaired) electrons. The highest BCUT2D eigenvalue weighted by Crippen LogP contribution is 2.41. The summed E-state index contributed by atoms with van der Waals surface area (Å²) in [5.74, 6) is 0.877. The van der Waals surface area contributed by atoms with Gasteiger partial charge in [-0.05, 0) is 23.3 Å². The van der Waals surface area contributed by atoms with Crippen LogP contribution in [0.1, 0.15) is 0 Å². The molecule has 0 atom stereocenters. The lowest BCUT2D eigenvalue weighted by molar-refractivity contribution is 0.415. The predicted molar refractivity (Wildman–Crippen MR) is 100 cm³/mol. The zero-order valence-corrected chi connectivity index (χ0v) is 13.9. The van der Waals surface area contributed by atoms with Crippen LogP contribution >= 0.6 is 0 Å². The smallest absolute Gasteiger partial charge is 0.120 e. The van der Waals surface area contributed by atoms with Gasteiger partial charge in [-0.25, -0.2) is 0 Å². The minimum atomic E-state index is 0.877. The van der Waals surface area contributed by atoms with Gasteiger partial charge >= 0.3 is 0 Å². The molecule has 2 heteroatoms. The van der Waals surface area contributed by atoms with Crippen LogP contribution < -0.4 is 4.74 Å². The number of nitrogens with zero attached hydrogens (tertiary/aromatic N) is 1. The second-order valence-electron chi connectivity index (χ2n) is 5.90. The van der Waals surface area contributed by atoms with Crippen molar-refractivity contribution in [3.05, 3.63) is 78.9 Å². The topological polar surface area (TPSA) is 14.2 Å². The molecule has 0 amide bonds. The van der Waals surface area contributed by atoms with Gasteiger partial charge in [0.1, 0.15) is 5.75 Å². The van der Waals surface area contributed by atoms with E-state index in [1.807, 2.05) is 6.07 Å².